The minimum absolute atomic E-state index is 0.582. The van der Waals surface area contributed by atoms with Gasteiger partial charge in [-0.3, -0.25) is 0 Å². The van der Waals surface area contributed by atoms with E-state index in [2.05, 4.69) is 38.0 Å². The second-order valence-electron chi connectivity index (χ2n) is 6.45. The van der Waals surface area contributed by atoms with Crippen LogP contribution in [-0.2, 0) is 0 Å². The topological polar surface area (TPSA) is 12.4 Å². The molecule has 0 aliphatic rings. The normalized spacial score (nSPS) is 11.8. The van der Waals surface area contributed by atoms with E-state index in [0.717, 1.165) is 11.3 Å². The van der Waals surface area contributed by atoms with Crippen molar-refractivity contribution in [2.45, 2.75) is 26.6 Å². The molecule has 2 aromatic rings. The Morgan fingerprint density at radius 2 is 1.52 bits per heavy atom. The first-order valence-corrected chi connectivity index (χ1v) is 11.6. The summed E-state index contributed by atoms with van der Waals surface area (Å²) in [7, 11) is -1.51. The first kappa shape index (κ1) is 17.8. The quantitative estimate of drug-likeness (QED) is 0.338. The summed E-state index contributed by atoms with van der Waals surface area (Å²) in [6.45, 7) is 8.66. The van der Waals surface area contributed by atoms with Crippen molar-refractivity contribution >= 4 is 42.7 Å². The molecule has 0 spiro atoms. The molecule has 118 valence electrons. The fourth-order valence-corrected chi connectivity index (χ4v) is 2.87. The van der Waals surface area contributed by atoms with Crippen LogP contribution in [0.15, 0.2) is 47.5 Å². The van der Waals surface area contributed by atoms with Gasteiger partial charge in [0.1, 0.15) is 13.8 Å². The predicted molar refractivity (Wildman–Crippen MR) is 105 cm³/mol. The molecule has 0 aromatic heterocycles. The average Bonchev–Trinajstić information content (AvgIpc) is 2.43. The Morgan fingerprint density at radius 1 is 0.957 bits per heavy atom. The number of rotatable bonds is 2. The molecule has 0 heterocycles. The lowest BCUT2D eigenvalue weighted by Gasteiger charge is -2.06. The fraction of sp³-hybridized carbons (Fsp3) is 0.211. The third-order valence-electron chi connectivity index (χ3n) is 2.97. The maximum Gasteiger partial charge on any atom is 0.129 e. The lowest BCUT2D eigenvalue weighted by atomic mass is 10.1. The molecule has 23 heavy (non-hydrogen) atoms. The molecule has 0 fully saturated rings. The van der Waals surface area contributed by atoms with Crippen LogP contribution in [0.4, 0.5) is 5.69 Å². The molecule has 1 nitrogen and oxygen atoms in total. The minimum Gasteiger partial charge on any atom is -0.239 e. The van der Waals surface area contributed by atoms with Crippen molar-refractivity contribution in [1.82, 2.24) is 0 Å². The van der Waals surface area contributed by atoms with Crippen LogP contribution in [0.25, 0.3) is 0 Å². The van der Waals surface area contributed by atoms with Crippen LogP contribution in [0.3, 0.4) is 0 Å². The Morgan fingerprint density at radius 3 is 2.04 bits per heavy atom. The molecular weight excluding hydrogens is 341 g/mol. The molecule has 0 unspecified atom stereocenters. The molecule has 2 aromatic carbocycles. The molecule has 0 atom stereocenters. The molecule has 0 aliphatic carbocycles. The molecule has 0 bridgehead atoms. The van der Waals surface area contributed by atoms with Crippen molar-refractivity contribution in [3.05, 3.63) is 63.6 Å². The van der Waals surface area contributed by atoms with Gasteiger partial charge >= 0.3 is 0 Å². The Kier molecular flexibility index (Phi) is 5.70. The van der Waals surface area contributed by atoms with Crippen molar-refractivity contribution in [2.24, 2.45) is 4.99 Å². The van der Waals surface area contributed by atoms with Gasteiger partial charge in [-0.2, -0.15) is 0 Å². The van der Waals surface area contributed by atoms with E-state index >= 15 is 0 Å². The average molecular weight is 360 g/mol. The molecule has 0 amide bonds. The molecule has 0 radical (unpaired) electrons. The van der Waals surface area contributed by atoms with E-state index in [1.165, 1.54) is 5.56 Å². The molecule has 0 N–H and O–H groups in total. The number of hydrogen-bond acceptors (Lipinski definition) is 1. The number of halogens is 2. The van der Waals surface area contributed by atoms with Crippen LogP contribution in [0, 0.1) is 18.4 Å². The summed E-state index contributed by atoms with van der Waals surface area (Å²) in [6.07, 6.45) is 0. The smallest absolute Gasteiger partial charge is 0.129 e. The third-order valence-corrected chi connectivity index (χ3v) is 4.28. The summed E-state index contributed by atoms with van der Waals surface area (Å²) in [5.41, 5.74) is 6.97. The van der Waals surface area contributed by atoms with E-state index in [1.807, 2.05) is 36.4 Å². The summed E-state index contributed by atoms with van der Waals surface area (Å²) in [6, 6.07) is 13.4. The van der Waals surface area contributed by atoms with Gasteiger partial charge in [-0.25, -0.2) is 4.99 Å². The highest BCUT2D eigenvalue weighted by Gasteiger charge is 2.10. The summed E-state index contributed by atoms with van der Waals surface area (Å²) in [5.74, 6) is 3.24. The van der Waals surface area contributed by atoms with Crippen molar-refractivity contribution in [3.8, 4) is 11.5 Å². The number of nitrogens with zero attached hydrogens (tertiary/aromatic N) is 1. The van der Waals surface area contributed by atoms with E-state index < -0.39 is 8.07 Å². The van der Waals surface area contributed by atoms with Crippen LogP contribution in [0.2, 0.25) is 29.7 Å². The lowest BCUT2D eigenvalue weighted by molar-refractivity contribution is 1.43. The van der Waals surface area contributed by atoms with Gasteiger partial charge in [0.2, 0.25) is 0 Å². The van der Waals surface area contributed by atoms with E-state index in [0.29, 0.717) is 15.8 Å². The third kappa shape index (κ3) is 5.88. The van der Waals surface area contributed by atoms with Crippen LogP contribution in [0.1, 0.15) is 11.1 Å². The van der Waals surface area contributed by atoms with Crippen molar-refractivity contribution < 1.29 is 0 Å². The molecule has 0 saturated carbocycles. The van der Waals surface area contributed by atoms with Gasteiger partial charge in [-0.05, 0) is 37.3 Å². The van der Waals surface area contributed by atoms with Crippen LogP contribution in [-0.4, -0.2) is 13.8 Å². The van der Waals surface area contributed by atoms with Gasteiger partial charge in [-0.1, -0.05) is 66.5 Å². The van der Waals surface area contributed by atoms with E-state index in [4.69, 9.17) is 28.2 Å². The fourth-order valence-electron chi connectivity index (χ4n) is 1.85. The van der Waals surface area contributed by atoms with Gasteiger partial charge in [-0.15, -0.1) is 5.54 Å². The van der Waals surface area contributed by atoms with Gasteiger partial charge in [0.05, 0.1) is 5.69 Å². The first-order chi connectivity index (χ1) is 10.7. The van der Waals surface area contributed by atoms with Crippen LogP contribution >= 0.6 is 23.2 Å². The largest absolute Gasteiger partial charge is 0.239 e. The maximum atomic E-state index is 6.13. The standard InChI is InChI=1S/C19H19Cl2NSi/c1-14-5-7-18(8-6-14)22-19(9-10-23(2,3)4)15-11-16(20)13-17(21)12-15/h5-8,11-13H,1-4H3. The molecule has 0 saturated heterocycles. The van der Waals surface area contributed by atoms with Gasteiger partial charge in [0.15, 0.2) is 0 Å². The van der Waals surface area contributed by atoms with E-state index in [-0.39, 0.29) is 0 Å². The Labute approximate surface area is 149 Å². The first-order valence-electron chi connectivity index (χ1n) is 7.38. The molecule has 2 rings (SSSR count). The van der Waals surface area contributed by atoms with E-state index in [9.17, 15) is 0 Å². The number of hydrogen-bond donors (Lipinski definition) is 0. The highest BCUT2D eigenvalue weighted by molar-refractivity contribution is 6.84. The van der Waals surface area contributed by atoms with Gasteiger partial charge < -0.3 is 0 Å². The van der Waals surface area contributed by atoms with Crippen molar-refractivity contribution in [3.63, 3.8) is 0 Å². The zero-order valence-electron chi connectivity index (χ0n) is 13.7. The highest BCUT2D eigenvalue weighted by Crippen LogP contribution is 2.21. The summed E-state index contributed by atoms with van der Waals surface area (Å²) < 4.78 is 0. The zero-order valence-corrected chi connectivity index (χ0v) is 16.3. The molecule has 0 aliphatic heterocycles. The minimum atomic E-state index is -1.51. The highest BCUT2D eigenvalue weighted by atomic mass is 35.5. The SMILES string of the molecule is Cc1ccc(N=C(C#C[Si](C)(C)C)c2cc(Cl)cc(Cl)c2)cc1. The van der Waals surface area contributed by atoms with Crippen LogP contribution < -0.4 is 0 Å². The van der Waals surface area contributed by atoms with Crippen molar-refractivity contribution in [1.29, 1.82) is 0 Å². The maximum absolute atomic E-state index is 6.13. The monoisotopic (exact) mass is 359 g/mol. The Hall–Kier alpha value is -1.53. The number of aryl methyl sites for hydroxylation is 1. The van der Waals surface area contributed by atoms with Gasteiger partial charge in [0.25, 0.3) is 0 Å². The molecular formula is C19H19Cl2NSi. The second-order valence-corrected chi connectivity index (χ2v) is 12.1. The van der Waals surface area contributed by atoms with Gasteiger partial charge in [0, 0.05) is 15.6 Å². The van der Waals surface area contributed by atoms with Crippen LogP contribution in [0.5, 0.6) is 0 Å². The second kappa shape index (κ2) is 7.36. The van der Waals surface area contributed by atoms with Crippen molar-refractivity contribution in [2.75, 3.05) is 0 Å². The summed E-state index contributed by atoms with van der Waals surface area (Å²) >= 11 is 12.3. The number of aliphatic imine (C=N–C) groups is 1. The lowest BCUT2D eigenvalue weighted by Crippen LogP contribution is -2.17. The zero-order chi connectivity index (χ0) is 17.0. The summed E-state index contributed by atoms with van der Waals surface area (Å²) in [4.78, 5) is 4.70. The predicted octanol–water partition coefficient (Wildman–Crippen LogP) is 6.30. The van der Waals surface area contributed by atoms with E-state index in [1.54, 1.807) is 6.07 Å². The Balaban J connectivity index is 2.54. The summed E-state index contributed by atoms with van der Waals surface area (Å²) in [5, 5.41) is 1.16. The Bertz CT molecular complexity index is 771. The number of benzene rings is 2. The molecule has 4 heteroatoms.